The van der Waals surface area contributed by atoms with Crippen molar-refractivity contribution in [2.75, 3.05) is 19.4 Å². The first-order chi connectivity index (χ1) is 9.67. The number of hydrogen-bond acceptors (Lipinski definition) is 6. The van der Waals surface area contributed by atoms with Gasteiger partial charge in [-0.1, -0.05) is 0 Å². The summed E-state index contributed by atoms with van der Waals surface area (Å²) in [7, 11) is 0. The molecule has 0 unspecified atom stereocenters. The summed E-state index contributed by atoms with van der Waals surface area (Å²) in [5.74, 6) is 0.730. The molecule has 0 aliphatic carbocycles. The van der Waals surface area contributed by atoms with Crippen LogP contribution in [0.5, 0.6) is 0 Å². The third-order valence-electron chi connectivity index (χ3n) is 2.62. The molecule has 2 heterocycles. The molecule has 0 saturated heterocycles. The summed E-state index contributed by atoms with van der Waals surface area (Å²) in [6.45, 7) is 1.85. The van der Waals surface area contributed by atoms with Crippen LogP contribution in [-0.4, -0.2) is 40.4 Å². The molecule has 0 atom stereocenters. The van der Waals surface area contributed by atoms with E-state index in [1.807, 2.05) is 6.26 Å². The number of aliphatic hydroxyl groups is 1. The third-order valence-corrected chi connectivity index (χ3v) is 3.30. The number of rotatable bonds is 5. The van der Waals surface area contributed by atoms with Gasteiger partial charge in [0.25, 0.3) is 5.91 Å². The van der Waals surface area contributed by atoms with Gasteiger partial charge in [0.1, 0.15) is 5.03 Å². The van der Waals surface area contributed by atoms with Gasteiger partial charge in [0.05, 0.1) is 24.1 Å². The second-order valence-corrected chi connectivity index (χ2v) is 4.77. The highest BCUT2D eigenvalue weighted by molar-refractivity contribution is 7.98. The molecule has 2 N–H and O–H groups in total. The highest BCUT2D eigenvalue weighted by atomic mass is 32.2. The minimum Gasteiger partial charge on any atom is -0.461 e. The minimum atomic E-state index is -0.285. The molecule has 1 amide bonds. The number of carbonyl (C=O) groups is 1. The van der Waals surface area contributed by atoms with Crippen LogP contribution in [0.25, 0.3) is 11.6 Å². The molecule has 0 spiro atoms. The molecule has 106 valence electrons. The Hall–Kier alpha value is -1.86. The number of aromatic nitrogens is 2. The van der Waals surface area contributed by atoms with Crippen LogP contribution < -0.4 is 5.32 Å². The molecule has 0 bridgehead atoms. The lowest BCUT2D eigenvalue weighted by Crippen LogP contribution is -2.28. The predicted octanol–water partition coefficient (Wildman–Crippen LogP) is 1.49. The van der Waals surface area contributed by atoms with Gasteiger partial charge in [-0.25, -0.2) is 9.97 Å². The van der Waals surface area contributed by atoms with Gasteiger partial charge in [-0.2, -0.15) is 0 Å². The molecular weight excluding hydrogens is 278 g/mol. The van der Waals surface area contributed by atoms with E-state index < -0.39 is 0 Å². The molecule has 0 aromatic carbocycles. The van der Waals surface area contributed by atoms with Crippen molar-refractivity contribution in [2.45, 2.75) is 11.9 Å². The van der Waals surface area contributed by atoms with Gasteiger partial charge in [-0.3, -0.25) is 4.79 Å². The fourth-order valence-corrected chi connectivity index (χ4v) is 2.35. The van der Waals surface area contributed by atoms with Gasteiger partial charge in [-0.05, 0) is 25.3 Å². The molecule has 0 radical (unpaired) electrons. The van der Waals surface area contributed by atoms with Crippen LogP contribution in [0.2, 0.25) is 0 Å². The summed E-state index contributed by atoms with van der Waals surface area (Å²) in [4.78, 5) is 20.7. The number of aliphatic hydroxyl groups excluding tert-OH is 1. The Bertz CT molecular complexity index is 599. The zero-order valence-electron chi connectivity index (χ0n) is 11.2. The lowest BCUT2D eigenvalue weighted by atomic mass is 10.2. The average molecular weight is 293 g/mol. The van der Waals surface area contributed by atoms with E-state index in [1.54, 1.807) is 25.3 Å². The Morgan fingerprint density at radius 1 is 1.50 bits per heavy atom. The van der Waals surface area contributed by atoms with Gasteiger partial charge < -0.3 is 14.8 Å². The number of nitrogens with zero attached hydrogens (tertiary/aromatic N) is 2. The van der Waals surface area contributed by atoms with E-state index >= 15 is 0 Å². The van der Waals surface area contributed by atoms with Gasteiger partial charge in [-0.15, -0.1) is 11.8 Å². The summed E-state index contributed by atoms with van der Waals surface area (Å²) in [5, 5.41) is 12.0. The largest absolute Gasteiger partial charge is 0.461 e. The van der Waals surface area contributed by atoms with Crippen molar-refractivity contribution in [3.8, 4) is 11.6 Å². The standard InChI is InChI=1S/C13H15N3O3S/c1-8-10(12(18)14-5-6-17)13(20-2)16-11(15-8)9-4-3-7-19-9/h3-4,7,17H,5-6H2,1-2H3,(H,14,18). The van der Waals surface area contributed by atoms with Gasteiger partial charge in [0.2, 0.25) is 0 Å². The van der Waals surface area contributed by atoms with Crippen LogP contribution in [0.1, 0.15) is 16.1 Å². The molecule has 2 rings (SSSR count). The summed E-state index contributed by atoms with van der Waals surface area (Å²) in [5.41, 5.74) is 1.01. The Balaban J connectivity index is 2.41. The lowest BCUT2D eigenvalue weighted by molar-refractivity contribution is 0.0940. The quantitative estimate of drug-likeness (QED) is 0.641. The molecule has 0 fully saturated rings. The first kappa shape index (κ1) is 14.5. The molecule has 0 saturated carbocycles. The number of thioether (sulfide) groups is 1. The Labute approximate surface area is 120 Å². The predicted molar refractivity (Wildman–Crippen MR) is 75.7 cm³/mol. The first-order valence-corrected chi connectivity index (χ1v) is 7.25. The second kappa shape index (κ2) is 6.53. The maximum Gasteiger partial charge on any atom is 0.255 e. The topological polar surface area (TPSA) is 88.2 Å². The van der Waals surface area contributed by atoms with Crippen LogP contribution in [-0.2, 0) is 0 Å². The van der Waals surface area contributed by atoms with Gasteiger partial charge in [0, 0.05) is 6.54 Å². The van der Waals surface area contributed by atoms with E-state index in [2.05, 4.69) is 15.3 Å². The first-order valence-electron chi connectivity index (χ1n) is 6.03. The molecule has 2 aromatic rings. The van der Waals surface area contributed by atoms with Crippen LogP contribution in [0.4, 0.5) is 0 Å². The van der Waals surface area contributed by atoms with Crippen molar-refractivity contribution < 1.29 is 14.3 Å². The van der Waals surface area contributed by atoms with E-state index in [1.165, 1.54) is 11.8 Å². The van der Waals surface area contributed by atoms with Crippen molar-refractivity contribution in [2.24, 2.45) is 0 Å². The minimum absolute atomic E-state index is 0.106. The fourth-order valence-electron chi connectivity index (χ4n) is 1.73. The van der Waals surface area contributed by atoms with Gasteiger partial charge >= 0.3 is 0 Å². The zero-order valence-corrected chi connectivity index (χ0v) is 12.0. The number of nitrogens with one attached hydrogen (secondary N) is 1. The Kier molecular flexibility index (Phi) is 4.75. The molecule has 6 nitrogen and oxygen atoms in total. The Morgan fingerprint density at radius 3 is 2.90 bits per heavy atom. The number of hydrogen-bond donors (Lipinski definition) is 2. The van der Waals surface area contributed by atoms with Gasteiger partial charge in [0.15, 0.2) is 11.6 Å². The molecule has 20 heavy (non-hydrogen) atoms. The average Bonchev–Trinajstić information content (AvgIpc) is 2.97. The molecule has 0 aliphatic rings. The van der Waals surface area contributed by atoms with Crippen molar-refractivity contribution >= 4 is 17.7 Å². The van der Waals surface area contributed by atoms with E-state index in [0.29, 0.717) is 27.9 Å². The van der Waals surface area contributed by atoms with E-state index in [9.17, 15) is 4.79 Å². The molecule has 0 aliphatic heterocycles. The van der Waals surface area contributed by atoms with E-state index in [0.717, 1.165) is 0 Å². The van der Waals surface area contributed by atoms with Crippen LogP contribution in [0.15, 0.2) is 27.8 Å². The van der Waals surface area contributed by atoms with Crippen LogP contribution >= 0.6 is 11.8 Å². The third kappa shape index (κ3) is 3.00. The van der Waals surface area contributed by atoms with E-state index in [4.69, 9.17) is 9.52 Å². The zero-order chi connectivity index (χ0) is 14.5. The SMILES string of the molecule is CSc1nc(-c2ccco2)nc(C)c1C(=O)NCCO. The van der Waals surface area contributed by atoms with Crippen LogP contribution in [0, 0.1) is 6.92 Å². The number of aryl methyl sites for hydroxylation is 1. The van der Waals surface area contributed by atoms with Crippen molar-refractivity contribution in [1.82, 2.24) is 15.3 Å². The summed E-state index contributed by atoms with van der Waals surface area (Å²) >= 11 is 1.37. The number of carbonyl (C=O) groups excluding carboxylic acids is 1. The maximum atomic E-state index is 12.1. The maximum absolute atomic E-state index is 12.1. The second-order valence-electron chi connectivity index (χ2n) is 3.97. The smallest absolute Gasteiger partial charge is 0.255 e. The number of amides is 1. The lowest BCUT2D eigenvalue weighted by Gasteiger charge is -2.10. The normalized spacial score (nSPS) is 10.6. The highest BCUT2D eigenvalue weighted by Crippen LogP contribution is 2.24. The fraction of sp³-hybridized carbons (Fsp3) is 0.308. The summed E-state index contributed by atoms with van der Waals surface area (Å²) in [6, 6.07) is 3.53. The van der Waals surface area contributed by atoms with Crippen molar-refractivity contribution in [3.63, 3.8) is 0 Å². The number of furan rings is 1. The van der Waals surface area contributed by atoms with Crippen molar-refractivity contribution in [3.05, 3.63) is 29.7 Å². The Morgan fingerprint density at radius 2 is 2.30 bits per heavy atom. The summed E-state index contributed by atoms with van der Waals surface area (Å²) in [6.07, 6.45) is 3.39. The highest BCUT2D eigenvalue weighted by Gasteiger charge is 2.19. The molecule has 2 aromatic heterocycles. The molecule has 7 heteroatoms. The van der Waals surface area contributed by atoms with Crippen LogP contribution in [0.3, 0.4) is 0 Å². The summed E-state index contributed by atoms with van der Waals surface area (Å²) < 4.78 is 5.27. The van der Waals surface area contributed by atoms with E-state index in [-0.39, 0.29) is 19.1 Å². The van der Waals surface area contributed by atoms with Crippen molar-refractivity contribution in [1.29, 1.82) is 0 Å². The monoisotopic (exact) mass is 293 g/mol. The molecular formula is C13H15N3O3S.